The average molecular weight is 336 g/mol. The number of benzene rings is 1. The lowest BCUT2D eigenvalue weighted by Gasteiger charge is -2.13. The molecule has 0 saturated heterocycles. The van der Waals surface area contributed by atoms with Gasteiger partial charge in [-0.15, -0.1) is 0 Å². The molecular formula is C16H18ClN3O3. The van der Waals surface area contributed by atoms with Crippen molar-refractivity contribution in [3.05, 3.63) is 51.8 Å². The largest absolute Gasteiger partial charge is 0.387 e. The monoisotopic (exact) mass is 335 g/mol. The summed E-state index contributed by atoms with van der Waals surface area (Å²) in [6.07, 6.45) is -0.989. The normalized spacial score (nSPS) is 12.0. The van der Waals surface area contributed by atoms with Gasteiger partial charge in [0.1, 0.15) is 0 Å². The van der Waals surface area contributed by atoms with Crippen molar-refractivity contribution < 1.29 is 14.7 Å². The quantitative estimate of drug-likeness (QED) is 0.643. The number of aliphatic hydroxyl groups excluding tert-OH is 1. The Kier molecular flexibility index (Phi) is 5.18. The first-order valence-electron chi connectivity index (χ1n) is 7.08. The minimum Gasteiger partial charge on any atom is -0.387 e. The van der Waals surface area contributed by atoms with Gasteiger partial charge in [-0.05, 0) is 19.9 Å². The fraction of sp³-hybridized carbons (Fsp3) is 0.312. The van der Waals surface area contributed by atoms with E-state index in [4.69, 9.17) is 11.6 Å². The Morgan fingerprint density at radius 1 is 1.35 bits per heavy atom. The molecule has 0 spiro atoms. The standard InChI is InChI=1S/C16H18ClN3O3/c1-9-14(10(2)20(3)19-9)15(22)16(23)18-8-13(21)11-6-4-5-7-12(11)17/h4-7,13,21H,8H2,1-3H3,(H,18,23). The van der Waals surface area contributed by atoms with Gasteiger partial charge in [-0.25, -0.2) is 0 Å². The number of nitrogens with zero attached hydrogens (tertiary/aromatic N) is 2. The van der Waals surface area contributed by atoms with Gasteiger partial charge in [0.2, 0.25) is 0 Å². The zero-order chi connectivity index (χ0) is 17.1. The van der Waals surface area contributed by atoms with E-state index in [1.807, 2.05) is 0 Å². The maximum absolute atomic E-state index is 12.2. The third kappa shape index (κ3) is 3.60. The average Bonchev–Trinajstić information content (AvgIpc) is 2.77. The van der Waals surface area contributed by atoms with Crippen LogP contribution in [0.1, 0.15) is 33.4 Å². The van der Waals surface area contributed by atoms with Crippen molar-refractivity contribution in [1.29, 1.82) is 0 Å². The number of nitrogens with one attached hydrogen (secondary N) is 1. The summed E-state index contributed by atoms with van der Waals surface area (Å²) >= 11 is 5.99. The number of amides is 1. The molecule has 7 heteroatoms. The summed E-state index contributed by atoms with van der Waals surface area (Å²) in [5, 5.41) is 17.0. The molecule has 0 bridgehead atoms. The molecule has 0 saturated carbocycles. The summed E-state index contributed by atoms with van der Waals surface area (Å²) in [4.78, 5) is 24.3. The van der Waals surface area contributed by atoms with Gasteiger partial charge in [-0.1, -0.05) is 29.8 Å². The summed E-state index contributed by atoms with van der Waals surface area (Å²) in [6.45, 7) is 3.29. The van der Waals surface area contributed by atoms with E-state index >= 15 is 0 Å². The molecule has 1 unspecified atom stereocenters. The summed E-state index contributed by atoms with van der Waals surface area (Å²) in [5.41, 5.74) is 1.90. The Morgan fingerprint density at radius 3 is 2.57 bits per heavy atom. The van der Waals surface area contributed by atoms with E-state index in [9.17, 15) is 14.7 Å². The smallest absolute Gasteiger partial charge is 0.292 e. The van der Waals surface area contributed by atoms with Gasteiger partial charge >= 0.3 is 0 Å². The van der Waals surface area contributed by atoms with Crippen molar-refractivity contribution in [3.8, 4) is 0 Å². The molecule has 0 aliphatic heterocycles. The zero-order valence-corrected chi connectivity index (χ0v) is 13.9. The molecule has 1 aromatic carbocycles. The highest BCUT2D eigenvalue weighted by atomic mass is 35.5. The molecule has 122 valence electrons. The highest BCUT2D eigenvalue weighted by Crippen LogP contribution is 2.22. The zero-order valence-electron chi connectivity index (χ0n) is 13.1. The molecule has 1 atom stereocenters. The van der Waals surface area contributed by atoms with Gasteiger partial charge in [0.15, 0.2) is 0 Å². The van der Waals surface area contributed by atoms with E-state index in [1.54, 1.807) is 49.8 Å². The van der Waals surface area contributed by atoms with E-state index in [1.165, 1.54) is 0 Å². The van der Waals surface area contributed by atoms with Crippen molar-refractivity contribution in [2.24, 2.45) is 7.05 Å². The minimum absolute atomic E-state index is 0.104. The molecule has 0 radical (unpaired) electrons. The molecule has 0 fully saturated rings. The fourth-order valence-corrected chi connectivity index (χ4v) is 2.60. The molecule has 1 heterocycles. The number of aliphatic hydroxyl groups is 1. The van der Waals surface area contributed by atoms with E-state index in [0.29, 0.717) is 22.0 Å². The van der Waals surface area contributed by atoms with Crippen LogP contribution in [0.3, 0.4) is 0 Å². The number of carbonyl (C=O) groups excluding carboxylic acids is 2. The van der Waals surface area contributed by atoms with Crippen LogP contribution < -0.4 is 5.32 Å². The lowest BCUT2D eigenvalue weighted by molar-refractivity contribution is -0.117. The third-order valence-corrected chi connectivity index (χ3v) is 4.01. The Labute approximate surface area is 139 Å². The third-order valence-electron chi connectivity index (χ3n) is 3.66. The lowest BCUT2D eigenvalue weighted by Crippen LogP contribution is -2.34. The molecular weight excluding hydrogens is 318 g/mol. The summed E-state index contributed by atoms with van der Waals surface area (Å²) in [7, 11) is 1.71. The number of aryl methyl sites for hydroxylation is 2. The molecule has 2 aromatic rings. The highest BCUT2D eigenvalue weighted by molar-refractivity contribution is 6.43. The van der Waals surface area contributed by atoms with E-state index < -0.39 is 17.8 Å². The Morgan fingerprint density at radius 2 is 2.00 bits per heavy atom. The highest BCUT2D eigenvalue weighted by Gasteiger charge is 2.24. The number of hydrogen-bond donors (Lipinski definition) is 2. The van der Waals surface area contributed by atoms with Crippen molar-refractivity contribution in [3.63, 3.8) is 0 Å². The summed E-state index contributed by atoms with van der Waals surface area (Å²) in [6, 6.07) is 6.79. The summed E-state index contributed by atoms with van der Waals surface area (Å²) in [5.74, 6) is -1.45. The number of aromatic nitrogens is 2. The van der Waals surface area contributed by atoms with Crippen LogP contribution in [0.4, 0.5) is 0 Å². The number of carbonyl (C=O) groups is 2. The Bertz CT molecular complexity index is 755. The van der Waals surface area contributed by atoms with E-state index in [0.717, 1.165) is 0 Å². The fourth-order valence-electron chi connectivity index (χ4n) is 2.34. The second kappa shape index (κ2) is 6.93. The number of hydrogen-bond acceptors (Lipinski definition) is 4. The molecule has 6 nitrogen and oxygen atoms in total. The molecule has 2 rings (SSSR count). The molecule has 1 amide bonds. The van der Waals surface area contributed by atoms with Gasteiger partial charge in [0.25, 0.3) is 11.7 Å². The van der Waals surface area contributed by atoms with Crippen LogP contribution in [-0.2, 0) is 11.8 Å². The van der Waals surface area contributed by atoms with Crippen LogP contribution in [0.15, 0.2) is 24.3 Å². The topological polar surface area (TPSA) is 84.2 Å². The SMILES string of the molecule is Cc1nn(C)c(C)c1C(=O)C(=O)NCC(O)c1ccccc1Cl. The van der Waals surface area contributed by atoms with Gasteiger partial charge in [0, 0.05) is 29.9 Å². The predicted molar refractivity (Wildman–Crippen MR) is 86.4 cm³/mol. The van der Waals surface area contributed by atoms with Crippen molar-refractivity contribution in [2.45, 2.75) is 20.0 Å². The minimum atomic E-state index is -0.989. The molecule has 2 N–H and O–H groups in total. The second-order valence-corrected chi connectivity index (χ2v) is 5.65. The summed E-state index contributed by atoms with van der Waals surface area (Å²) < 4.78 is 1.55. The molecule has 23 heavy (non-hydrogen) atoms. The van der Waals surface area contributed by atoms with Gasteiger partial charge in [0.05, 0.1) is 17.4 Å². The first-order chi connectivity index (χ1) is 10.8. The second-order valence-electron chi connectivity index (χ2n) is 5.25. The maximum atomic E-state index is 12.2. The number of Topliss-reactive ketones (excluding diaryl/α,β-unsaturated/α-hetero) is 1. The van der Waals surface area contributed by atoms with E-state index in [-0.39, 0.29) is 12.1 Å². The van der Waals surface area contributed by atoms with Gasteiger partial charge in [-0.2, -0.15) is 5.10 Å². The van der Waals surface area contributed by atoms with Crippen LogP contribution in [-0.4, -0.2) is 33.1 Å². The molecule has 1 aromatic heterocycles. The van der Waals surface area contributed by atoms with Crippen molar-refractivity contribution in [1.82, 2.24) is 15.1 Å². The molecule has 0 aliphatic rings. The number of ketones is 1. The van der Waals surface area contributed by atoms with Crippen LogP contribution in [0, 0.1) is 13.8 Å². The first kappa shape index (κ1) is 17.2. The molecule has 0 aliphatic carbocycles. The van der Waals surface area contributed by atoms with Gasteiger partial charge < -0.3 is 10.4 Å². The van der Waals surface area contributed by atoms with Crippen LogP contribution in [0.2, 0.25) is 5.02 Å². The van der Waals surface area contributed by atoms with E-state index in [2.05, 4.69) is 10.4 Å². The van der Waals surface area contributed by atoms with Crippen molar-refractivity contribution >= 4 is 23.3 Å². The van der Waals surface area contributed by atoms with Crippen LogP contribution in [0.5, 0.6) is 0 Å². The number of halogens is 1. The Hall–Kier alpha value is -2.18. The van der Waals surface area contributed by atoms with Crippen LogP contribution >= 0.6 is 11.6 Å². The Balaban J connectivity index is 2.05. The van der Waals surface area contributed by atoms with Gasteiger partial charge in [-0.3, -0.25) is 14.3 Å². The van der Waals surface area contributed by atoms with Crippen molar-refractivity contribution in [2.75, 3.05) is 6.54 Å². The first-order valence-corrected chi connectivity index (χ1v) is 7.46. The lowest BCUT2D eigenvalue weighted by atomic mass is 10.1. The predicted octanol–water partition coefficient (Wildman–Crippen LogP) is 1.72. The number of rotatable bonds is 5. The van der Waals surface area contributed by atoms with Crippen LogP contribution in [0.25, 0.3) is 0 Å². The maximum Gasteiger partial charge on any atom is 0.292 e.